The third-order valence-corrected chi connectivity index (χ3v) is 9.44. The monoisotopic (exact) mass is 503 g/mol. The Morgan fingerprint density at radius 1 is 0.865 bits per heavy atom. The Bertz CT molecular complexity index is 928. The van der Waals surface area contributed by atoms with E-state index in [1.807, 2.05) is 67.6 Å². The molecule has 4 aliphatic rings. The van der Waals surface area contributed by atoms with Crippen LogP contribution in [0.1, 0.15) is 75.8 Å². The molecule has 0 aromatic heterocycles. The summed E-state index contributed by atoms with van der Waals surface area (Å²) in [5, 5.41) is 18.2. The molecule has 2 aliphatic heterocycles. The van der Waals surface area contributed by atoms with Gasteiger partial charge in [0.05, 0.1) is 6.04 Å². The standard InChI is InChI=1S/C32H45N3O2/c1-24(32(37,28-8-4-2-5-9-28)29-10-6-3-7-11-29)33-31(36)34-30-18-16-25(17-19-30)20-21-35-22-26-12-13-27(23-35)15-14-26/h2-11,24-27,30,37H,12-23H2,1H3,(H2,33,34,36)/t24-,25?,26?,27?,30?/m1/s1. The Balaban J connectivity index is 1.10. The molecule has 37 heavy (non-hydrogen) atoms. The lowest BCUT2D eigenvalue weighted by atomic mass is 9.81. The Labute approximate surface area is 223 Å². The number of hydrogen-bond acceptors (Lipinski definition) is 3. The Morgan fingerprint density at radius 3 is 1.89 bits per heavy atom. The summed E-state index contributed by atoms with van der Waals surface area (Å²) in [7, 11) is 0. The minimum Gasteiger partial charge on any atom is -0.378 e. The third-order valence-electron chi connectivity index (χ3n) is 9.44. The minimum atomic E-state index is -1.32. The van der Waals surface area contributed by atoms with Crippen molar-refractivity contribution >= 4 is 6.03 Å². The summed E-state index contributed by atoms with van der Waals surface area (Å²) in [6.45, 7) is 5.78. The number of fused-ring (bicyclic) bond motifs is 4. The van der Waals surface area contributed by atoms with E-state index >= 15 is 0 Å². The third kappa shape index (κ3) is 6.38. The van der Waals surface area contributed by atoms with Gasteiger partial charge in [-0.15, -0.1) is 0 Å². The van der Waals surface area contributed by atoms with E-state index in [0.717, 1.165) is 41.7 Å². The fourth-order valence-electron chi connectivity index (χ4n) is 7.12. The first-order chi connectivity index (χ1) is 18.0. The van der Waals surface area contributed by atoms with Crippen LogP contribution in [0.4, 0.5) is 4.79 Å². The number of benzene rings is 2. The van der Waals surface area contributed by atoms with Crippen molar-refractivity contribution in [2.45, 2.75) is 82.4 Å². The molecule has 5 heteroatoms. The first-order valence-electron chi connectivity index (χ1n) is 14.6. The lowest BCUT2D eigenvalue weighted by Gasteiger charge is -2.36. The average Bonchev–Trinajstić information content (AvgIpc) is 3.26. The SMILES string of the molecule is C[C@@H](NC(=O)NC1CCC(CCN2CC3CCC(CC3)C2)CC1)C(O)(c1ccccc1)c1ccccc1. The summed E-state index contributed by atoms with van der Waals surface area (Å²) >= 11 is 0. The highest BCUT2D eigenvalue weighted by Gasteiger charge is 2.39. The number of nitrogens with one attached hydrogen (secondary N) is 2. The smallest absolute Gasteiger partial charge is 0.315 e. The highest BCUT2D eigenvalue weighted by molar-refractivity contribution is 5.75. The van der Waals surface area contributed by atoms with E-state index in [4.69, 9.17) is 0 Å². The van der Waals surface area contributed by atoms with Crippen molar-refractivity contribution in [3.8, 4) is 0 Å². The molecule has 200 valence electrons. The van der Waals surface area contributed by atoms with Crippen molar-refractivity contribution < 1.29 is 9.90 Å². The summed E-state index contributed by atoms with van der Waals surface area (Å²) in [6, 6.07) is 18.7. The lowest BCUT2D eigenvalue weighted by Crippen LogP contribution is -2.54. The van der Waals surface area contributed by atoms with Crippen LogP contribution in [0.5, 0.6) is 0 Å². The topological polar surface area (TPSA) is 64.6 Å². The Hall–Kier alpha value is -2.37. The zero-order chi connectivity index (χ0) is 25.7. The second kappa shape index (κ2) is 12.0. The second-order valence-electron chi connectivity index (χ2n) is 12.0. The zero-order valence-corrected chi connectivity index (χ0v) is 22.4. The van der Waals surface area contributed by atoms with Gasteiger partial charge in [0.25, 0.3) is 0 Å². The highest BCUT2D eigenvalue weighted by Crippen LogP contribution is 2.35. The number of urea groups is 1. The molecule has 0 radical (unpaired) electrons. The zero-order valence-electron chi connectivity index (χ0n) is 22.4. The molecule has 2 aromatic rings. The number of aliphatic hydroxyl groups is 1. The van der Waals surface area contributed by atoms with Crippen molar-refractivity contribution in [1.29, 1.82) is 0 Å². The minimum absolute atomic E-state index is 0.193. The first-order valence-corrected chi connectivity index (χ1v) is 14.6. The van der Waals surface area contributed by atoms with Crippen molar-refractivity contribution in [1.82, 2.24) is 15.5 Å². The maximum absolute atomic E-state index is 13.0. The molecule has 2 amide bonds. The maximum Gasteiger partial charge on any atom is 0.315 e. The van der Waals surface area contributed by atoms with Crippen LogP contribution >= 0.6 is 0 Å². The molecule has 5 nitrogen and oxygen atoms in total. The van der Waals surface area contributed by atoms with Gasteiger partial charge in [0.15, 0.2) is 0 Å². The molecule has 0 unspecified atom stereocenters. The van der Waals surface area contributed by atoms with Crippen LogP contribution in [-0.4, -0.2) is 47.8 Å². The molecule has 2 saturated carbocycles. The first kappa shape index (κ1) is 26.2. The van der Waals surface area contributed by atoms with Crippen LogP contribution in [0, 0.1) is 17.8 Å². The van der Waals surface area contributed by atoms with E-state index in [9.17, 15) is 9.90 Å². The largest absolute Gasteiger partial charge is 0.378 e. The van der Waals surface area contributed by atoms with Crippen LogP contribution < -0.4 is 10.6 Å². The van der Waals surface area contributed by atoms with Crippen LogP contribution in [0.25, 0.3) is 0 Å². The summed E-state index contributed by atoms with van der Waals surface area (Å²) < 4.78 is 0. The van der Waals surface area contributed by atoms with Gasteiger partial charge in [-0.2, -0.15) is 0 Å². The van der Waals surface area contributed by atoms with Crippen LogP contribution in [0.15, 0.2) is 60.7 Å². The van der Waals surface area contributed by atoms with Crippen molar-refractivity contribution in [2.75, 3.05) is 19.6 Å². The van der Waals surface area contributed by atoms with Gasteiger partial charge in [-0.05, 0) is 100 Å². The quantitative estimate of drug-likeness (QED) is 0.434. The maximum atomic E-state index is 13.0. The summed E-state index contributed by atoms with van der Waals surface area (Å²) in [6.07, 6.45) is 11.6. The number of amides is 2. The van der Waals surface area contributed by atoms with E-state index in [-0.39, 0.29) is 12.1 Å². The van der Waals surface area contributed by atoms with Crippen molar-refractivity contribution in [3.05, 3.63) is 71.8 Å². The van der Waals surface area contributed by atoms with E-state index < -0.39 is 11.6 Å². The molecule has 0 spiro atoms. The number of hydrogen-bond donors (Lipinski definition) is 3. The van der Waals surface area contributed by atoms with Gasteiger partial charge in [-0.25, -0.2) is 4.79 Å². The number of nitrogens with zero attached hydrogens (tertiary/aromatic N) is 1. The van der Waals surface area contributed by atoms with Gasteiger partial charge in [0.1, 0.15) is 5.60 Å². The normalized spacial score (nSPS) is 27.3. The molecular formula is C32H45N3O2. The molecule has 2 bridgehead atoms. The van der Waals surface area contributed by atoms with Gasteiger partial charge in [0, 0.05) is 19.1 Å². The molecule has 6 rings (SSSR count). The summed E-state index contributed by atoms with van der Waals surface area (Å²) in [5.41, 5.74) is 0.225. The average molecular weight is 504 g/mol. The van der Waals surface area contributed by atoms with Gasteiger partial charge in [0.2, 0.25) is 0 Å². The molecule has 1 atom stereocenters. The summed E-state index contributed by atoms with van der Waals surface area (Å²) in [4.78, 5) is 15.8. The van der Waals surface area contributed by atoms with Gasteiger partial charge >= 0.3 is 6.03 Å². The molecule has 4 fully saturated rings. The molecular weight excluding hydrogens is 458 g/mol. The predicted octanol–water partition coefficient (Wildman–Crippen LogP) is 5.68. The van der Waals surface area contributed by atoms with E-state index in [1.165, 1.54) is 64.6 Å². The van der Waals surface area contributed by atoms with Crippen LogP contribution in [-0.2, 0) is 5.60 Å². The molecule has 2 aliphatic carbocycles. The van der Waals surface area contributed by atoms with Gasteiger partial charge < -0.3 is 20.6 Å². The molecule has 3 N–H and O–H groups in total. The van der Waals surface area contributed by atoms with E-state index in [1.54, 1.807) is 0 Å². The van der Waals surface area contributed by atoms with Crippen molar-refractivity contribution in [2.24, 2.45) is 17.8 Å². The van der Waals surface area contributed by atoms with Gasteiger partial charge in [-0.1, -0.05) is 60.7 Å². The van der Waals surface area contributed by atoms with Crippen LogP contribution in [0.3, 0.4) is 0 Å². The Morgan fingerprint density at radius 2 is 1.38 bits per heavy atom. The lowest BCUT2D eigenvalue weighted by molar-refractivity contribution is 0.0470. The van der Waals surface area contributed by atoms with E-state index in [0.29, 0.717) is 0 Å². The predicted molar refractivity (Wildman–Crippen MR) is 149 cm³/mol. The fraction of sp³-hybridized carbons (Fsp3) is 0.594. The Kier molecular flexibility index (Phi) is 8.51. The second-order valence-corrected chi connectivity index (χ2v) is 12.0. The number of rotatable bonds is 8. The van der Waals surface area contributed by atoms with E-state index in [2.05, 4.69) is 15.5 Å². The number of carbonyl (C=O) groups is 1. The van der Waals surface area contributed by atoms with Crippen LogP contribution in [0.2, 0.25) is 0 Å². The molecule has 2 heterocycles. The molecule has 2 saturated heterocycles. The summed E-state index contributed by atoms with van der Waals surface area (Å²) in [5.74, 6) is 2.67. The molecule has 2 aromatic carbocycles. The van der Waals surface area contributed by atoms with Crippen molar-refractivity contribution in [3.63, 3.8) is 0 Å². The number of carbonyl (C=O) groups excluding carboxylic acids is 1. The highest BCUT2D eigenvalue weighted by atomic mass is 16.3. The fourth-order valence-corrected chi connectivity index (χ4v) is 7.12. The van der Waals surface area contributed by atoms with Gasteiger partial charge in [-0.3, -0.25) is 0 Å².